The Morgan fingerprint density at radius 2 is 2.13 bits per heavy atom. The Morgan fingerprint density at radius 1 is 1.30 bits per heavy atom. The molecule has 1 aliphatic rings. The average Bonchev–Trinajstić information content (AvgIpc) is 2.61. The second-order valence-corrected chi connectivity index (χ2v) is 5.64. The van der Waals surface area contributed by atoms with E-state index in [1.807, 2.05) is 12.1 Å². The highest BCUT2D eigenvalue weighted by molar-refractivity contribution is 5.79. The lowest BCUT2D eigenvalue weighted by Crippen LogP contribution is -2.38. The predicted octanol–water partition coefficient (Wildman–Crippen LogP) is 2.38. The van der Waals surface area contributed by atoms with Gasteiger partial charge in [0, 0.05) is 30.6 Å². The molecule has 5 heteroatoms. The van der Waals surface area contributed by atoms with E-state index >= 15 is 0 Å². The van der Waals surface area contributed by atoms with Gasteiger partial charge >= 0.3 is 0 Å². The molecule has 1 N–H and O–H groups in total. The van der Waals surface area contributed by atoms with Crippen LogP contribution in [0.5, 0.6) is 11.5 Å². The minimum absolute atomic E-state index is 0.00999. The molecule has 0 saturated carbocycles. The van der Waals surface area contributed by atoms with Crippen molar-refractivity contribution in [1.29, 1.82) is 0 Å². The van der Waals surface area contributed by atoms with Crippen LogP contribution in [0.4, 0.5) is 0 Å². The number of nitrogens with zero attached hydrogens (tertiary/aromatic N) is 1. The maximum atomic E-state index is 12.7. The van der Waals surface area contributed by atoms with Gasteiger partial charge in [0.15, 0.2) is 0 Å². The Morgan fingerprint density at radius 3 is 2.74 bits per heavy atom. The van der Waals surface area contributed by atoms with Crippen molar-refractivity contribution in [2.24, 2.45) is 5.92 Å². The van der Waals surface area contributed by atoms with Crippen molar-refractivity contribution >= 4 is 5.91 Å². The van der Waals surface area contributed by atoms with Gasteiger partial charge in [0.2, 0.25) is 5.91 Å². The second-order valence-electron chi connectivity index (χ2n) is 5.64. The van der Waals surface area contributed by atoms with Gasteiger partial charge in [0.25, 0.3) is 0 Å². The zero-order valence-electron chi connectivity index (χ0n) is 13.8. The molecular formula is C18H25NO4. The topological polar surface area (TPSA) is 59.0 Å². The van der Waals surface area contributed by atoms with Crippen LogP contribution in [0.3, 0.4) is 0 Å². The van der Waals surface area contributed by atoms with Crippen molar-refractivity contribution < 1.29 is 19.4 Å². The zero-order chi connectivity index (χ0) is 16.7. The summed E-state index contributed by atoms with van der Waals surface area (Å²) >= 11 is 0. The summed E-state index contributed by atoms with van der Waals surface area (Å²) < 4.78 is 10.6. The van der Waals surface area contributed by atoms with Crippen LogP contribution < -0.4 is 9.47 Å². The van der Waals surface area contributed by atoms with Gasteiger partial charge in [-0.15, -0.1) is 0 Å². The molecule has 0 spiro atoms. The number of carbonyl (C=O) groups excluding carboxylic acids is 1. The molecule has 0 aromatic heterocycles. The molecule has 1 aromatic rings. The number of amides is 1. The lowest BCUT2D eigenvalue weighted by atomic mass is 9.93. The summed E-state index contributed by atoms with van der Waals surface area (Å²) in [5, 5.41) is 9.31. The molecule has 0 heterocycles. The number of methoxy groups -OCH3 is 2. The number of ether oxygens (including phenoxy) is 2. The Hall–Kier alpha value is -2.01. The van der Waals surface area contributed by atoms with E-state index in [1.165, 1.54) is 0 Å². The molecule has 23 heavy (non-hydrogen) atoms. The molecule has 1 aliphatic carbocycles. The number of hydrogen-bond acceptors (Lipinski definition) is 4. The van der Waals surface area contributed by atoms with Gasteiger partial charge in [-0.2, -0.15) is 0 Å². The van der Waals surface area contributed by atoms with Crippen LogP contribution in [-0.4, -0.2) is 43.3 Å². The smallest absolute Gasteiger partial charge is 0.226 e. The second kappa shape index (κ2) is 8.58. The molecule has 0 fully saturated rings. The van der Waals surface area contributed by atoms with Gasteiger partial charge < -0.3 is 19.5 Å². The Bertz CT molecular complexity index is 556. The fourth-order valence-electron chi connectivity index (χ4n) is 2.85. The van der Waals surface area contributed by atoms with Crippen LogP contribution in [0.15, 0.2) is 30.4 Å². The van der Waals surface area contributed by atoms with Crippen molar-refractivity contribution in [2.75, 3.05) is 27.4 Å². The Kier molecular flexibility index (Phi) is 6.47. The minimum atomic E-state index is -0.0488. The van der Waals surface area contributed by atoms with E-state index in [2.05, 4.69) is 12.2 Å². The summed E-state index contributed by atoms with van der Waals surface area (Å²) in [5.74, 6) is 1.50. The first-order chi connectivity index (χ1) is 11.2. The van der Waals surface area contributed by atoms with E-state index in [-0.39, 0.29) is 18.4 Å². The summed E-state index contributed by atoms with van der Waals surface area (Å²) in [5.41, 5.74) is 0.904. The normalized spacial score (nSPS) is 16.9. The van der Waals surface area contributed by atoms with E-state index in [1.54, 1.807) is 25.2 Å². The van der Waals surface area contributed by atoms with Gasteiger partial charge in [-0.3, -0.25) is 4.79 Å². The van der Waals surface area contributed by atoms with Gasteiger partial charge in [-0.25, -0.2) is 0 Å². The Balaban J connectivity index is 2.15. The summed E-state index contributed by atoms with van der Waals surface area (Å²) in [6.45, 7) is 0.702. The molecule has 0 unspecified atom stereocenters. The van der Waals surface area contributed by atoms with Gasteiger partial charge in [-0.1, -0.05) is 12.2 Å². The molecule has 0 bridgehead atoms. The molecule has 1 amide bonds. The molecule has 1 aromatic carbocycles. The molecule has 5 nitrogen and oxygen atoms in total. The highest BCUT2D eigenvalue weighted by atomic mass is 16.5. The number of allylic oxidation sites excluding steroid dienone is 2. The third-order valence-electron chi connectivity index (χ3n) is 4.16. The van der Waals surface area contributed by atoms with Crippen LogP contribution in [0.25, 0.3) is 0 Å². The number of rotatable bonds is 7. The maximum Gasteiger partial charge on any atom is 0.226 e. The first-order valence-electron chi connectivity index (χ1n) is 7.95. The van der Waals surface area contributed by atoms with Gasteiger partial charge in [0.1, 0.15) is 11.5 Å². The van der Waals surface area contributed by atoms with E-state index in [0.717, 1.165) is 24.8 Å². The number of aliphatic hydroxyl groups excluding tert-OH is 1. The number of carbonyl (C=O) groups is 1. The molecule has 0 saturated heterocycles. The first-order valence-corrected chi connectivity index (χ1v) is 7.95. The molecule has 0 aliphatic heterocycles. The zero-order valence-corrected chi connectivity index (χ0v) is 13.8. The fraction of sp³-hybridized carbons (Fsp3) is 0.500. The monoisotopic (exact) mass is 319 g/mol. The van der Waals surface area contributed by atoms with Crippen molar-refractivity contribution in [1.82, 2.24) is 4.90 Å². The van der Waals surface area contributed by atoms with E-state index in [9.17, 15) is 9.90 Å². The van der Waals surface area contributed by atoms with Gasteiger partial charge in [0.05, 0.1) is 20.8 Å². The average molecular weight is 319 g/mol. The highest BCUT2D eigenvalue weighted by Gasteiger charge is 2.25. The third-order valence-corrected chi connectivity index (χ3v) is 4.16. The van der Waals surface area contributed by atoms with E-state index < -0.39 is 0 Å². The quantitative estimate of drug-likeness (QED) is 0.784. The minimum Gasteiger partial charge on any atom is -0.497 e. The highest BCUT2D eigenvalue weighted by Crippen LogP contribution is 2.27. The van der Waals surface area contributed by atoms with Crippen molar-refractivity contribution in [2.45, 2.75) is 25.8 Å². The number of benzene rings is 1. The van der Waals surface area contributed by atoms with Gasteiger partial charge in [-0.05, 0) is 31.4 Å². The van der Waals surface area contributed by atoms with Crippen molar-refractivity contribution in [3.63, 3.8) is 0 Å². The number of hydrogen-bond donors (Lipinski definition) is 1. The summed E-state index contributed by atoms with van der Waals surface area (Å²) in [4.78, 5) is 14.4. The standard InChI is InChI=1S/C18H25NO4/c1-22-16-9-8-15(17(12-16)23-2)13-19(10-11-20)18(21)14-6-4-3-5-7-14/h3-4,8-9,12,14,20H,5-7,10-11,13H2,1-2H3/t14-/m1/s1. The summed E-state index contributed by atoms with van der Waals surface area (Å²) in [6.07, 6.45) is 6.77. The molecule has 126 valence electrons. The predicted molar refractivity (Wildman–Crippen MR) is 88.5 cm³/mol. The Labute approximate surface area is 137 Å². The summed E-state index contributed by atoms with van der Waals surface area (Å²) in [7, 11) is 3.20. The van der Waals surface area contributed by atoms with Crippen LogP contribution in [0, 0.1) is 5.92 Å². The van der Waals surface area contributed by atoms with Crippen LogP contribution in [0.2, 0.25) is 0 Å². The van der Waals surface area contributed by atoms with Crippen molar-refractivity contribution in [3.8, 4) is 11.5 Å². The van der Waals surface area contributed by atoms with Crippen LogP contribution in [-0.2, 0) is 11.3 Å². The van der Waals surface area contributed by atoms with Crippen LogP contribution >= 0.6 is 0 Å². The molecule has 0 radical (unpaired) electrons. The molecule has 1 atom stereocenters. The lowest BCUT2D eigenvalue weighted by Gasteiger charge is -2.28. The van der Waals surface area contributed by atoms with Crippen LogP contribution in [0.1, 0.15) is 24.8 Å². The van der Waals surface area contributed by atoms with E-state index in [0.29, 0.717) is 24.6 Å². The van der Waals surface area contributed by atoms with E-state index in [4.69, 9.17) is 9.47 Å². The maximum absolute atomic E-state index is 12.7. The fourth-order valence-corrected chi connectivity index (χ4v) is 2.85. The molecule has 2 rings (SSSR count). The SMILES string of the molecule is COc1ccc(CN(CCO)C(=O)[C@@H]2CC=CCC2)c(OC)c1. The molecular weight excluding hydrogens is 294 g/mol. The lowest BCUT2D eigenvalue weighted by molar-refractivity contribution is -0.137. The van der Waals surface area contributed by atoms with Crippen molar-refractivity contribution in [3.05, 3.63) is 35.9 Å². The first kappa shape index (κ1) is 17.3. The third kappa shape index (κ3) is 4.48. The summed E-state index contributed by atoms with van der Waals surface area (Å²) in [6, 6.07) is 5.55. The largest absolute Gasteiger partial charge is 0.497 e. The number of aliphatic hydroxyl groups is 1.